The first-order valence-electron chi connectivity index (χ1n) is 4.60. The molecule has 0 aromatic heterocycles. The van der Waals surface area contributed by atoms with Crippen molar-refractivity contribution < 1.29 is 0 Å². The van der Waals surface area contributed by atoms with Gasteiger partial charge in [0.1, 0.15) is 0 Å². The van der Waals surface area contributed by atoms with E-state index in [0.29, 0.717) is 0 Å². The molecule has 74 valence electrons. The zero-order chi connectivity index (χ0) is 10.6. The molecule has 0 atom stereocenters. The van der Waals surface area contributed by atoms with Crippen LogP contribution in [0.2, 0.25) is 0 Å². The second kappa shape index (κ2) is 4.40. The Bertz CT molecular complexity index is 249. The summed E-state index contributed by atoms with van der Waals surface area (Å²) in [7, 11) is 1.84. The normalized spacial score (nSPS) is 14.6. The quantitative estimate of drug-likeness (QED) is 0.453. The number of rotatable bonds is 2. The molecule has 0 fully saturated rings. The summed E-state index contributed by atoms with van der Waals surface area (Å²) in [5.74, 6) is 0. The van der Waals surface area contributed by atoms with Crippen LogP contribution >= 0.6 is 0 Å². The van der Waals surface area contributed by atoms with Gasteiger partial charge >= 0.3 is 0 Å². The van der Waals surface area contributed by atoms with E-state index in [2.05, 4.69) is 45.3 Å². The van der Waals surface area contributed by atoms with Crippen LogP contribution in [0.4, 0.5) is 0 Å². The minimum atomic E-state index is 0.117. The van der Waals surface area contributed by atoms with Gasteiger partial charge in [-0.15, -0.1) is 0 Å². The smallest absolute Gasteiger partial charge is 0.0401 e. The van der Waals surface area contributed by atoms with Crippen molar-refractivity contribution in [2.45, 2.75) is 34.6 Å². The molecule has 0 aromatic carbocycles. The molecule has 0 radical (unpaired) electrons. The van der Waals surface area contributed by atoms with Crippen LogP contribution in [0.25, 0.3) is 0 Å². The summed E-state index contributed by atoms with van der Waals surface area (Å²) in [4.78, 5) is 4.28. The standard InChI is InChI=1S/C12H21N/c1-9(2)10(3)8-11(13-7)12(4,5)6/h8H,1H2,2-7H3/b10-8+,13-11?. The van der Waals surface area contributed by atoms with Crippen molar-refractivity contribution in [2.75, 3.05) is 7.05 Å². The van der Waals surface area contributed by atoms with E-state index >= 15 is 0 Å². The molecule has 1 nitrogen and oxygen atoms in total. The molecule has 0 aliphatic heterocycles. The zero-order valence-electron chi connectivity index (χ0n) is 9.73. The Kier molecular flexibility index (Phi) is 4.12. The average Bonchev–Trinajstić information content (AvgIpc) is 1.96. The van der Waals surface area contributed by atoms with E-state index in [-0.39, 0.29) is 5.41 Å². The van der Waals surface area contributed by atoms with Gasteiger partial charge in [0.25, 0.3) is 0 Å². The molecule has 0 bridgehead atoms. The van der Waals surface area contributed by atoms with Crippen LogP contribution < -0.4 is 0 Å². The third-order valence-corrected chi connectivity index (χ3v) is 2.04. The number of aliphatic imine (C=N–C) groups is 1. The van der Waals surface area contributed by atoms with Gasteiger partial charge in [0.05, 0.1) is 0 Å². The molecule has 0 saturated carbocycles. The minimum absolute atomic E-state index is 0.117. The van der Waals surface area contributed by atoms with Gasteiger partial charge in [0, 0.05) is 18.2 Å². The summed E-state index contributed by atoms with van der Waals surface area (Å²) in [6.07, 6.45) is 2.11. The van der Waals surface area contributed by atoms with Crippen LogP contribution in [0.5, 0.6) is 0 Å². The Labute approximate surface area is 82.3 Å². The van der Waals surface area contributed by atoms with Crippen molar-refractivity contribution in [1.82, 2.24) is 0 Å². The molecular weight excluding hydrogens is 158 g/mol. The first-order chi connectivity index (χ1) is 5.79. The number of hydrogen-bond donors (Lipinski definition) is 0. The predicted octanol–water partition coefficient (Wildman–Crippen LogP) is 3.63. The predicted molar refractivity (Wildman–Crippen MR) is 61.4 cm³/mol. The van der Waals surface area contributed by atoms with Crippen molar-refractivity contribution in [3.05, 3.63) is 23.8 Å². The van der Waals surface area contributed by atoms with Gasteiger partial charge in [-0.1, -0.05) is 32.9 Å². The first-order valence-corrected chi connectivity index (χ1v) is 4.60. The van der Waals surface area contributed by atoms with E-state index < -0.39 is 0 Å². The van der Waals surface area contributed by atoms with Gasteiger partial charge in [-0.2, -0.15) is 0 Å². The van der Waals surface area contributed by atoms with Crippen molar-refractivity contribution in [1.29, 1.82) is 0 Å². The van der Waals surface area contributed by atoms with E-state index in [4.69, 9.17) is 0 Å². The lowest BCUT2D eigenvalue weighted by Gasteiger charge is -2.19. The van der Waals surface area contributed by atoms with Crippen LogP contribution in [0, 0.1) is 5.41 Å². The van der Waals surface area contributed by atoms with E-state index in [0.717, 1.165) is 11.3 Å². The fourth-order valence-electron chi connectivity index (χ4n) is 0.945. The monoisotopic (exact) mass is 179 g/mol. The molecule has 0 saturated heterocycles. The Morgan fingerprint density at radius 3 is 1.92 bits per heavy atom. The molecule has 0 aliphatic carbocycles. The summed E-state index contributed by atoms with van der Waals surface area (Å²) in [5, 5.41) is 0. The highest BCUT2D eigenvalue weighted by molar-refractivity contribution is 5.99. The van der Waals surface area contributed by atoms with Crippen molar-refractivity contribution in [2.24, 2.45) is 10.4 Å². The highest BCUT2D eigenvalue weighted by atomic mass is 14.7. The summed E-state index contributed by atoms with van der Waals surface area (Å²) in [5.41, 5.74) is 3.54. The van der Waals surface area contributed by atoms with Crippen LogP contribution in [0.1, 0.15) is 34.6 Å². The largest absolute Gasteiger partial charge is 0.293 e. The van der Waals surface area contributed by atoms with Gasteiger partial charge < -0.3 is 0 Å². The van der Waals surface area contributed by atoms with E-state index in [1.165, 1.54) is 5.57 Å². The van der Waals surface area contributed by atoms with Gasteiger partial charge in [-0.05, 0) is 25.5 Å². The molecule has 0 N–H and O–H groups in total. The van der Waals surface area contributed by atoms with Crippen molar-refractivity contribution in [3.63, 3.8) is 0 Å². The molecule has 0 amide bonds. The molecule has 13 heavy (non-hydrogen) atoms. The number of allylic oxidation sites excluding steroid dienone is 3. The van der Waals surface area contributed by atoms with Gasteiger partial charge in [0.2, 0.25) is 0 Å². The van der Waals surface area contributed by atoms with Crippen molar-refractivity contribution >= 4 is 5.71 Å². The number of nitrogens with zero attached hydrogens (tertiary/aromatic N) is 1. The molecule has 0 spiro atoms. The van der Waals surface area contributed by atoms with E-state index in [9.17, 15) is 0 Å². The fraction of sp³-hybridized carbons (Fsp3) is 0.583. The highest BCUT2D eigenvalue weighted by Gasteiger charge is 2.15. The minimum Gasteiger partial charge on any atom is -0.293 e. The van der Waals surface area contributed by atoms with Crippen molar-refractivity contribution in [3.8, 4) is 0 Å². The van der Waals surface area contributed by atoms with Gasteiger partial charge in [0.15, 0.2) is 0 Å². The van der Waals surface area contributed by atoms with Gasteiger partial charge in [-0.25, -0.2) is 0 Å². The summed E-state index contributed by atoms with van der Waals surface area (Å²) >= 11 is 0. The van der Waals surface area contributed by atoms with Crippen LogP contribution in [0.15, 0.2) is 28.8 Å². The summed E-state index contributed by atoms with van der Waals surface area (Å²) < 4.78 is 0. The molecule has 0 aliphatic rings. The van der Waals surface area contributed by atoms with Gasteiger partial charge in [-0.3, -0.25) is 4.99 Å². The Hall–Kier alpha value is -0.850. The molecule has 1 heteroatoms. The molecule has 0 unspecified atom stereocenters. The Morgan fingerprint density at radius 2 is 1.69 bits per heavy atom. The topological polar surface area (TPSA) is 12.4 Å². The zero-order valence-corrected chi connectivity index (χ0v) is 9.73. The first kappa shape index (κ1) is 12.2. The second-order valence-corrected chi connectivity index (χ2v) is 4.47. The summed E-state index contributed by atoms with van der Waals surface area (Å²) in [6.45, 7) is 14.5. The van der Waals surface area contributed by atoms with Crippen LogP contribution in [-0.4, -0.2) is 12.8 Å². The fourth-order valence-corrected chi connectivity index (χ4v) is 0.945. The average molecular weight is 179 g/mol. The van der Waals surface area contributed by atoms with E-state index in [1.54, 1.807) is 0 Å². The maximum atomic E-state index is 4.28. The third kappa shape index (κ3) is 4.07. The SMILES string of the molecule is C=C(C)/C(C)=C/C(=NC)C(C)(C)C. The maximum Gasteiger partial charge on any atom is 0.0401 e. The number of hydrogen-bond acceptors (Lipinski definition) is 1. The Balaban J connectivity index is 4.87. The molecular formula is C12H21N. The van der Waals surface area contributed by atoms with Crippen LogP contribution in [0.3, 0.4) is 0 Å². The maximum absolute atomic E-state index is 4.28. The molecule has 0 aromatic rings. The lowest BCUT2D eigenvalue weighted by Crippen LogP contribution is -2.18. The Morgan fingerprint density at radius 1 is 1.23 bits per heavy atom. The van der Waals surface area contributed by atoms with E-state index in [1.807, 2.05) is 14.0 Å². The highest BCUT2D eigenvalue weighted by Crippen LogP contribution is 2.19. The lowest BCUT2D eigenvalue weighted by atomic mass is 9.88. The summed E-state index contributed by atoms with van der Waals surface area (Å²) in [6, 6.07) is 0. The third-order valence-electron chi connectivity index (χ3n) is 2.04. The second-order valence-electron chi connectivity index (χ2n) is 4.47. The van der Waals surface area contributed by atoms with Crippen LogP contribution in [-0.2, 0) is 0 Å². The molecule has 0 rings (SSSR count). The molecule has 0 heterocycles. The lowest BCUT2D eigenvalue weighted by molar-refractivity contribution is 0.593.